The van der Waals surface area contributed by atoms with Gasteiger partial charge in [-0.15, -0.1) is 0 Å². The van der Waals surface area contributed by atoms with Crippen LogP contribution in [-0.4, -0.2) is 39.1 Å². The molecule has 0 spiro atoms. The molecule has 210 valence electrons. The molecule has 1 aromatic carbocycles. The fraction of sp³-hybridized carbons (Fsp3) is 0.548. The maximum absolute atomic E-state index is 15.7. The topological polar surface area (TPSA) is 86.8 Å². The molecule has 8 bridgehead atoms. The van der Waals surface area contributed by atoms with Crippen LogP contribution in [0.4, 0.5) is 14.6 Å². The number of rotatable bonds is 1. The van der Waals surface area contributed by atoms with Gasteiger partial charge in [-0.2, -0.15) is 5.26 Å². The van der Waals surface area contributed by atoms with Crippen molar-refractivity contribution in [2.45, 2.75) is 82.7 Å². The van der Waals surface area contributed by atoms with E-state index in [9.17, 15) is 10.1 Å². The highest BCUT2D eigenvalue weighted by Crippen LogP contribution is 2.47. The van der Waals surface area contributed by atoms with Gasteiger partial charge in [-0.1, -0.05) is 24.6 Å². The number of nitrogens with one attached hydrogen (secondary N) is 1. The predicted octanol–water partition coefficient (Wildman–Crippen LogP) is 5.82. The Hall–Kier alpha value is -3.38. The lowest BCUT2D eigenvalue weighted by molar-refractivity contribution is -0.0855. The molecule has 7 rings (SSSR count). The third-order valence-corrected chi connectivity index (χ3v) is 9.12. The second kappa shape index (κ2) is 10.2. The largest absolute Gasteiger partial charge is 0.363 e. The highest BCUT2D eigenvalue weighted by molar-refractivity contribution is 5.88. The first-order chi connectivity index (χ1) is 19.2. The number of halogens is 2. The van der Waals surface area contributed by atoms with Gasteiger partial charge in [-0.3, -0.25) is 9.36 Å². The summed E-state index contributed by atoms with van der Waals surface area (Å²) in [5, 5.41) is 14.1. The van der Waals surface area contributed by atoms with Crippen LogP contribution in [0.15, 0.2) is 35.1 Å². The molecule has 2 aromatic heterocycles. The van der Waals surface area contributed by atoms with E-state index >= 15 is 8.78 Å². The Morgan fingerprint density at radius 1 is 1.05 bits per heavy atom. The molecule has 3 aromatic rings. The SMILES string of the molecule is Cc1nc2c3cc(C4(C#N)CC4)c(=O)n(c3n1)CCCCCN1CCC(CC1)C(F)(F)c1cccc(c1)[C@@H](C)N2. The highest BCUT2D eigenvalue weighted by atomic mass is 19.3. The van der Waals surface area contributed by atoms with E-state index in [0.717, 1.165) is 31.4 Å². The number of piperidine rings is 1. The summed E-state index contributed by atoms with van der Waals surface area (Å²) in [6, 6.07) is 10.6. The third kappa shape index (κ3) is 4.77. The van der Waals surface area contributed by atoms with Gasteiger partial charge in [0.15, 0.2) is 0 Å². The molecule has 1 saturated heterocycles. The number of alkyl halides is 2. The highest BCUT2D eigenvalue weighted by Gasteiger charge is 2.47. The Morgan fingerprint density at radius 2 is 1.80 bits per heavy atom. The summed E-state index contributed by atoms with van der Waals surface area (Å²) in [7, 11) is 0. The molecule has 3 aliphatic heterocycles. The summed E-state index contributed by atoms with van der Waals surface area (Å²) in [6.07, 6.45) is 4.92. The molecule has 2 fully saturated rings. The minimum Gasteiger partial charge on any atom is -0.363 e. The Balaban J connectivity index is 1.47. The van der Waals surface area contributed by atoms with Crippen molar-refractivity contribution >= 4 is 16.9 Å². The molecule has 5 heterocycles. The van der Waals surface area contributed by atoms with Gasteiger partial charge < -0.3 is 10.2 Å². The van der Waals surface area contributed by atoms with Gasteiger partial charge in [0, 0.05) is 29.6 Å². The number of nitrogens with zero attached hydrogens (tertiary/aromatic N) is 5. The van der Waals surface area contributed by atoms with Gasteiger partial charge in [0.25, 0.3) is 11.5 Å². The summed E-state index contributed by atoms with van der Waals surface area (Å²) in [4.78, 5) is 25.4. The molecular formula is C31H36F2N6O. The lowest BCUT2D eigenvalue weighted by atomic mass is 9.85. The van der Waals surface area contributed by atoms with Crippen molar-refractivity contribution in [1.29, 1.82) is 5.26 Å². The average Bonchev–Trinajstić information content (AvgIpc) is 3.75. The third-order valence-electron chi connectivity index (χ3n) is 9.12. The Labute approximate surface area is 233 Å². The zero-order chi connectivity index (χ0) is 28.1. The first-order valence-corrected chi connectivity index (χ1v) is 14.5. The number of anilines is 1. The zero-order valence-corrected chi connectivity index (χ0v) is 23.2. The van der Waals surface area contributed by atoms with Gasteiger partial charge >= 0.3 is 0 Å². The maximum atomic E-state index is 15.7. The lowest BCUT2D eigenvalue weighted by Gasteiger charge is -2.36. The van der Waals surface area contributed by atoms with Crippen LogP contribution in [0.1, 0.15) is 80.4 Å². The van der Waals surface area contributed by atoms with Crippen LogP contribution in [-0.2, 0) is 17.9 Å². The fourth-order valence-electron chi connectivity index (χ4n) is 6.42. The molecular weight excluding hydrogens is 510 g/mol. The Morgan fingerprint density at radius 3 is 2.52 bits per heavy atom. The van der Waals surface area contributed by atoms with Crippen LogP contribution < -0.4 is 10.9 Å². The number of aromatic nitrogens is 3. The Bertz CT molecular complexity index is 1530. The van der Waals surface area contributed by atoms with Crippen LogP contribution in [0.25, 0.3) is 11.0 Å². The van der Waals surface area contributed by atoms with E-state index in [-0.39, 0.29) is 17.2 Å². The molecule has 1 aliphatic carbocycles. The van der Waals surface area contributed by atoms with E-state index in [2.05, 4.69) is 26.3 Å². The summed E-state index contributed by atoms with van der Waals surface area (Å²) in [6.45, 7) is 6.45. The first kappa shape index (κ1) is 26.8. The van der Waals surface area contributed by atoms with E-state index in [4.69, 9.17) is 0 Å². The van der Waals surface area contributed by atoms with Crippen molar-refractivity contribution in [2.75, 3.05) is 25.0 Å². The lowest BCUT2D eigenvalue weighted by Crippen LogP contribution is -2.40. The minimum atomic E-state index is -2.90. The smallest absolute Gasteiger partial charge is 0.276 e. The Kier molecular flexibility index (Phi) is 6.86. The number of nitriles is 1. The normalized spacial score (nSPS) is 25.8. The van der Waals surface area contributed by atoms with E-state index in [1.807, 2.05) is 13.0 Å². The second-order valence-corrected chi connectivity index (χ2v) is 11.9. The van der Waals surface area contributed by atoms with Crippen molar-refractivity contribution in [3.05, 3.63) is 63.2 Å². The minimum absolute atomic E-state index is 0.0552. The molecule has 1 saturated carbocycles. The van der Waals surface area contributed by atoms with Crippen molar-refractivity contribution in [3.8, 4) is 6.07 Å². The van der Waals surface area contributed by atoms with E-state index < -0.39 is 17.3 Å². The molecule has 40 heavy (non-hydrogen) atoms. The number of fused-ring (bicyclic) bond motifs is 7. The quantitative estimate of drug-likeness (QED) is 0.414. The standard InChI is InChI=1S/C31H36F2N6O/c1-20-22-7-6-8-24(17-22)31(32,33)23-9-15-38(16-10-23)13-4-3-5-14-39-28-25(27(35-20)36-21(2)37-28)18-26(29(39)40)30(19-34)11-12-30/h6-8,17-18,20,23H,3-5,9-16H2,1-2H3,(H,35,36,37)/t20-/m1/s1. The van der Waals surface area contributed by atoms with Crippen molar-refractivity contribution < 1.29 is 8.78 Å². The van der Waals surface area contributed by atoms with Gasteiger partial charge in [0.1, 0.15) is 17.3 Å². The summed E-state index contributed by atoms with van der Waals surface area (Å²) >= 11 is 0. The number of benzene rings is 1. The first-order valence-electron chi connectivity index (χ1n) is 14.5. The van der Waals surface area contributed by atoms with Crippen molar-refractivity contribution in [2.24, 2.45) is 5.92 Å². The maximum Gasteiger partial charge on any atom is 0.276 e. The average molecular weight is 547 g/mol. The van der Waals surface area contributed by atoms with E-state index in [0.29, 0.717) is 73.6 Å². The summed E-state index contributed by atoms with van der Waals surface area (Å²) < 4.78 is 33.2. The fourth-order valence-corrected chi connectivity index (χ4v) is 6.42. The van der Waals surface area contributed by atoms with Crippen molar-refractivity contribution in [1.82, 2.24) is 19.4 Å². The van der Waals surface area contributed by atoms with Crippen LogP contribution in [0.3, 0.4) is 0 Å². The zero-order valence-electron chi connectivity index (χ0n) is 23.2. The predicted molar refractivity (Wildman–Crippen MR) is 150 cm³/mol. The van der Waals surface area contributed by atoms with Gasteiger partial charge in [0.05, 0.1) is 16.9 Å². The number of hydrogen-bond donors (Lipinski definition) is 1. The number of aryl methyl sites for hydroxylation is 2. The van der Waals surface area contributed by atoms with Crippen molar-refractivity contribution in [3.63, 3.8) is 0 Å². The van der Waals surface area contributed by atoms with Crippen LogP contribution in [0, 0.1) is 24.2 Å². The molecule has 1 N–H and O–H groups in total. The number of pyridine rings is 1. The second-order valence-electron chi connectivity index (χ2n) is 11.9. The monoisotopic (exact) mass is 546 g/mol. The molecule has 0 radical (unpaired) electrons. The molecule has 0 amide bonds. The van der Waals surface area contributed by atoms with E-state index in [1.54, 1.807) is 29.7 Å². The van der Waals surface area contributed by atoms with Gasteiger partial charge in [-0.25, -0.2) is 18.7 Å². The molecule has 1 atom stereocenters. The molecule has 9 heteroatoms. The molecule has 7 nitrogen and oxygen atoms in total. The van der Waals surface area contributed by atoms with Crippen LogP contribution in [0.2, 0.25) is 0 Å². The number of hydrogen-bond acceptors (Lipinski definition) is 6. The van der Waals surface area contributed by atoms with E-state index in [1.165, 1.54) is 6.07 Å². The summed E-state index contributed by atoms with van der Waals surface area (Å²) in [5.41, 5.74) is 0.932. The van der Waals surface area contributed by atoms with Crippen LogP contribution in [0.5, 0.6) is 0 Å². The van der Waals surface area contributed by atoms with Gasteiger partial charge in [-0.05, 0) is 89.7 Å². The summed E-state index contributed by atoms with van der Waals surface area (Å²) in [5.74, 6) is -2.51. The van der Waals surface area contributed by atoms with Crippen LogP contribution >= 0.6 is 0 Å². The molecule has 0 unspecified atom stereocenters. The molecule has 4 aliphatic rings. The van der Waals surface area contributed by atoms with Gasteiger partial charge in [0.2, 0.25) is 0 Å².